The zero-order chi connectivity index (χ0) is 13.6. The standard InChI is InChI=1S/C15H18FN3/c1-15(2)7-13(17)12-9-18-19(14(12)8-15)11-5-3-4-10(16)6-11/h3-6,9,13H,7-8,17H2,1-2H3. The van der Waals surface area contributed by atoms with E-state index in [-0.39, 0.29) is 17.3 Å². The monoisotopic (exact) mass is 259 g/mol. The minimum absolute atomic E-state index is 0.0149. The van der Waals surface area contributed by atoms with Crippen LogP contribution in [0.15, 0.2) is 30.5 Å². The summed E-state index contributed by atoms with van der Waals surface area (Å²) in [5, 5.41) is 4.40. The van der Waals surface area contributed by atoms with E-state index < -0.39 is 0 Å². The molecule has 2 aromatic rings. The number of fused-ring (bicyclic) bond motifs is 1. The highest BCUT2D eigenvalue weighted by atomic mass is 19.1. The molecule has 3 rings (SSSR count). The second-order valence-electron chi connectivity index (χ2n) is 6.09. The number of aromatic nitrogens is 2. The van der Waals surface area contributed by atoms with Gasteiger partial charge in [0.2, 0.25) is 0 Å². The highest BCUT2D eigenvalue weighted by molar-refractivity contribution is 5.38. The van der Waals surface area contributed by atoms with Crippen LogP contribution in [-0.4, -0.2) is 9.78 Å². The second-order valence-corrected chi connectivity index (χ2v) is 6.09. The lowest BCUT2D eigenvalue weighted by Crippen LogP contribution is -2.30. The van der Waals surface area contributed by atoms with E-state index in [0.717, 1.165) is 29.8 Å². The van der Waals surface area contributed by atoms with Crippen molar-refractivity contribution < 1.29 is 4.39 Å². The lowest BCUT2D eigenvalue weighted by atomic mass is 9.74. The molecule has 1 aliphatic rings. The van der Waals surface area contributed by atoms with Crippen molar-refractivity contribution in [2.75, 3.05) is 0 Å². The summed E-state index contributed by atoms with van der Waals surface area (Å²) in [6, 6.07) is 6.52. The first kappa shape index (κ1) is 12.4. The van der Waals surface area contributed by atoms with Crippen LogP contribution >= 0.6 is 0 Å². The third kappa shape index (κ3) is 2.16. The molecule has 3 nitrogen and oxygen atoms in total. The molecule has 0 aliphatic heterocycles. The molecule has 19 heavy (non-hydrogen) atoms. The van der Waals surface area contributed by atoms with Gasteiger partial charge < -0.3 is 5.73 Å². The topological polar surface area (TPSA) is 43.8 Å². The van der Waals surface area contributed by atoms with Crippen LogP contribution in [0, 0.1) is 11.2 Å². The molecule has 0 bridgehead atoms. The largest absolute Gasteiger partial charge is 0.324 e. The van der Waals surface area contributed by atoms with Crippen molar-refractivity contribution in [2.24, 2.45) is 11.1 Å². The van der Waals surface area contributed by atoms with E-state index >= 15 is 0 Å². The van der Waals surface area contributed by atoms with Gasteiger partial charge in [-0.05, 0) is 36.5 Å². The lowest BCUT2D eigenvalue weighted by Gasteiger charge is -2.33. The average Bonchev–Trinajstić information content (AvgIpc) is 2.71. The van der Waals surface area contributed by atoms with Crippen LogP contribution in [0.3, 0.4) is 0 Å². The maximum atomic E-state index is 13.4. The summed E-state index contributed by atoms with van der Waals surface area (Å²) in [4.78, 5) is 0. The Hall–Kier alpha value is -1.68. The summed E-state index contributed by atoms with van der Waals surface area (Å²) in [7, 11) is 0. The third-order valence-corrected chi connectivity index (χ3v) is 3.77. The minimum atomic E-state index is -0.249. The molecule has 4 heteroatoms. The Morgan fingerprint density at radius 2 is 2.21 bits per heavy atom. The Labute approximate surface area is 112 Å². The van der Waals surface area contributed by atoms with Crippen molar-refractivity contribution in [1.82, 2.24) is 9.78 Å². The molecule has 100 valence electrons. The Morgan fingerprint density at radius 3 is 2.95 bits per heavy atom. The SMILES string of the molecule is CC1(C)Cc2c(cnn2-c2cccc(F)c2)C(N)C1. The summed E-state index contributed by atoms with van der Waals surface area (Å²) in [6.45, 7) is 4.41. The molecule has 1 aromatic carbocycles. The maximum absolute atomic E-state index is 13.4. The molecule has 0 radical (unpaired) electrons. The van der Waals surface area contributed by atoms with Gasteiger partial charge in [0.1, 0.15) is 5.82 Å². The van der Waals surface area contributed by atoms with Crippen LogP contribution in [0.4, 0.5) is 4.39 Å². The van der Waals surface area contributed by atoms with Crippen molar-refractivity contribution in [3.8, 4) is 5.69 Å². The van der Waals surface area contributed by atoms with Gasteiger partial charge in [-0.15, -0.1) is 0 Å². The second kappa shape index (κ2) is 4.17. The number of benzene rings is 1. The van der Waals surface area contributed by atoms with Gasteiger partial charge >= 0.3 is 0 Å². The Bertz CT molecular complexity index is 616. The van der Waals surface area contributed by atoms with E-state index in [2.05, 4.69) is 18.9 Å². The summed E-state index contributed by atoms with van der Waals surface area (Å²) in [5.41, 5.74) is 9.31. The molecular formula is C15H18FN3. The fourth-order valence-electron chi connectivity index (χ4n) is 2.93. The number of halogens is 1. The Morgan fingerprint density at radius 1 is 1.42 bits per heavy atom. The predicted molar refractivity (Wildman–Crippen MR) is 72.6 cm³/mol. The molecular weight excluding hydrogens is 241 g/mol. The van der Waals surface area contributed by atoms with Gasteiger partial charge in [-0.1, -0.05) is 19.9 Å². The minimum Gasteiger partial charge on any atom is -0.324 e. The van der Waals surface area contributed by atoms with Crippen LogP contribution in [0.5, 0.6) is 0 Å². The van der Waals surface area contributed by atoms with E-state index in [9.17, 15) is 4.39 Å². The van der Waals surface area contributed by atoms with Crippen molar-refractivity contribution in [3.63, 3.8) is 0 Å². The van der Waals surface area contributed by atoms with Crippen LogP contribution in [-0.2, 0) is 6.42 Å². The number of hydrogen-bond acceptors (Lipinski definition) is 2. The molecule has 0 fully saturated rings. The molecule has 0 amide bonds. The van der Waals surface area contributed by atoms with E-state index in [0.29, 0.717) is 0 Å². The van der Waals surface area contributed by atoms with Crippen LogP contribution < -0.4 is 5.73 Å². The van der Waals surface area contributed by atoms with Gasteiger partial charge in [-0.25, -0.2) is 9.07 Å². The zero-order valence-corrected chi connectivity index (χ0v) is 11.2. The van der Waals surface area contributed by atoms with Crippen molar-refractivity contribution in [1.29, 1.82) is 0 Å². The summed E-state index contributed by atoms with van der Waals surface area (Å²) in [6.07, 6.45) is 3.68. The Balaban J connectivity index is 2.11. The molecule has 0 saturated heterocycles. The maximum Gasteiger partial charge on any atom is 0.125 e. The van der Waals surface area contributed by atoms with Crippen molar-refractivity contribution in [3.05, 3.63) is 47.5 Å². The van der Waals surface area contributed by atoms with E-state index in [1.54, 1.807) is 6.07 Å². The smallest absolute Gasteiger partial charge is 0.125 e. The number of nitrogens with zero attached hydrogens (tertiary/aromatic N) is 2. The molecule has 2 N–H and O–H groups in total. The number of nitrogens with two attached hydrogens (primary N) is 1. The van der Waals surface area contributed by atoms with Crippen LogP contribution in [0.1, 0.15) is 37.6 Å². The third-order valence-electron chi connectivity index (χ3n) is 3.77. The zero-order valence-electron chi connectivity index (χ0n) is 11.2. The van der Waals surface area contributed by atoms with Gasteiger partial charge in [0.25, 0.3) is 0 Å². The molecule has 1 unspecified atom stereocenters. The average molecular weight is 259 g/mol. The van der Waals surface area contributed by atoms with Gasteiger partial charge in [0.05, 0.1) is 11.9 Å². The molecule has 0 saturated carbocycles. The van der Waals surface area contributed by atoms with E-state index in [1.165, 1.54) is 12.1 Å². The fourth-order valence-corrected chi connectivity index (χ4v) is 2.93. The molecule has 1 aliphatic carbocycles. The summed E-state index contributed by atoms with van der Waals surface area (Å²) < 4.78 is 15.2. The van der Waals surface area contributed by atoms with Crippen LogP contribution in [0.25, 0.3) is 5.69 Å². The van der Waals surface area contributed by atoms with Gasteiger partial charge in [0.15, 0.2) is 0 Å². The van der Waals surface area contributed by atoms with E-state index in [4.69, 9.17) is 5.73 Å². The molecule has 0 spiro atoms. The van der Waals surface area contributed by atoms with E-state index in [1.807, 2.05) is 16.9 Å². The number of hydrogen-bond donors (Lipinski definition) is 1. The fraction of sp³-hybridized carbons (Fsp3) is 0.400. The Kier molecular flexibility index (Phi) is 2.71. The summed E-state index contributed by atoms with van der Waals surface area (Å²) >= 11 is 0. The molecule has 1 heterocycles. The first-order valence-corrected chi connectivity index (χ1v) is 6.55. The first-order chi connectivity index (χ1) is 8.96. The number of rotatable bonds is 1. The highest BCUT2D eigenvalue weighted by Crippen LogP contribution is 2.40. The molecule has 1 atom stereocenters. The predicted octanol–water partition coefficient (Wildman–Crippen LogP) is 2.98. The quantitative estimate of drug-likeness (QED) is 0.855. The normalized spacial score (nSPS) is 21.2. The van der Waals surface area contributed by atoms with Crippen molar-refractivity contribution >= 4 is 0 Å². The van der Waals surface area contributed by atoms with Crippen LogP contribution in [0.2, 0.25) is 0 Å². The lowest BCUT2D eigenvalue weighted by molar-refractivity contribution is 0.278. The molecule has 1 aromatic heterocycles. The van der Waals surface area contributed by atoms with Gasteiger partial charge in [0, 0.05) is 17.3 Å². The van der Waals surface area contributed by atoms with Crippen molar-refractivity contribution in [2.45, 2.75) is 32.7 Å². The first-order valence-electron chi connectivity index (χ1n) is 6.55. The highest BCUT2D eigenvalue weighted by Gasteiger charge is 2.33. The van der Waals surface area contributed by atoms with Gasteiger partial charge in [-0.3, -0.25) is 0 Å². The van der Waals surface area contributed by atoms with Gasteiger partial charge in [-0.2, -0.15) is 5.10 Å². The summed E-state index contributed by atoms with van der Waals surface area (Å²) in [5.74, 6) is -0.249.